The van der Waals surface area contributed by atoms with Crippen LogP contribution in [0.5, 0.6) is 5.75 Å². The Morgan fingerprint density at radius 1 is 1.20 bits per heavy atom. The number of nitrogens with one attached hydrogen (secondary N) is 1. The highest BCUT2D eigenvalue weighted by atomic mass is 19.3. The van der Waals surface area contributed by atoms with Crippen molar-refractivity contribution < 1.29 is 18.3 Å². The summed E-state index contributed by atoms with van der Waals surface area (Å²) in [5.74, 6) is 0.971. The van der Waals surface area contributed by atoms with Crippen molar-refractivity contribution >= 4 is 11.5 Å². The lowest BCUT2D eigenvalue weighted by Crippen LogP contribution is -2.00. The molecule has 0 saturated heterocycles. The molecule has 0 bridgehead atoms. The normalized spacial score (nSPS) is 12.0. The molecule has 0 aliphatic rings. The van der Waals surface area contributed by atoms with Crippen LogP contribution < -0.4 is 4.74 Å². The van der Waals surface area contributed by atoms with Crippen molar-refractivity contribution in [3.05, 3.63) is 60.2 Å². The van der Waals surface area contributed by atoms with Crippen molar-refractivity contribution in [3.8, 4) is 11.4 Å². The molecule has 7 heteroatoms. The summed E-state index contributed by atoms with van der Waals surface area (Å²) in [6, 6.07) is 7.00. The minimum Gasteiger partial charge on any atom is -0.497 e. The van der Waals surface area contributed by atoms with Crippen LogP contribution in [0.15, 0.2) is 48.7 Å². The minimum absolute atomic E-state index is 0.0454. The number of ether oxygens (including phenoxy) is 2. The third-order valence-electron chi connectivity index (χ3n) is 3.50. The fourth-order valence-electron chi connectivity index (χ4n) is 2.18. The van der Waals surface area contributed by atoms with Crippen LogP contribution in [0, 0.1) is 5.41 Å². The molecule has 2 aromatic rings. The summed E-state index contributed by atoms with van der Waals surface area (Å²) in [5, 5.41) is 7.51. The number of allylic oxidation sites excluding steroid dienone is 3. The van der Waals surface area contributed by atoms with Gasteiger partial charge in [0.15, 0.2) is 0 Å². The predicted octanol–water partition coefficient (Wildman–Crippen LogP) is 4.40. The van der Waals surface area contributed by atoms with Gasteiger partial charge in [-0.1, -0.05) is 6.08 Å². The van der Waals surface area contributed by atoms with E-state index in [1.165, 1.54) is 19.4 Å². The second kappa shape index (κ2) is 8.23. The molecule has 0 amide bonds. The topological polar surface area (TPSA) is 60.1 Å². The molecule has 25 heavy (non-hydrogen) atoms. The maximum atomic E-state index is 13.1. The van der Waals surface area contributed by atoms with E-state index in [1.54, 1.807) is 55.0 Å². The number of hydrogen-bond donors (Lipinski definition) is 1. The summed E-state index contributed by atoms with van der Waals surface area (Å²) >= 11 is 0. The van der Waals surface area contributed by atoms with E-state index in [2.05, 4.69) is 4.98 Å². The van der Waals surface area contributed by atoms with E-state index in [-0.39, 0.29) is 11.6 Å². The second-order valence-electron chi connectivity index (χ2n) is 5.00. The third-order valence-corrected chi connectivity index (χ3v) is 3.50. The molecule has 0 spiro atoms. The van der Waals surface area contributed by atoms with Crippen LogP contribution in [0.1, 0.15) is 24.9 Å². The Bertz CT molecular complexity index is 793. The molecule has 0 unspecified atom stereocenters. The van der Waals surface area contributed by atoms with Crippen LogP contribution in [-0.2, 0) is 4.74 Å². The highest BCUT2D eigenvalue weighted by Crippen LogP contribution is 2.26. The van der Waals surface area contributed by atoms with Crippen molar-refractivity contribution in [2.75, 3.05) is 14.2 Å². The fraction of sp³-hybridized carbons (Fsp3) is 0.222. The van der Waals surface area contributed by atoms with Crippen LogP contribution in [0.2, 0.25) is 0 Å². The molecular formula is C18H19F2N3O2. The Morgan fingerprint density at radius 3 is 2.40 bits per heavy atom. The standard InChI is InChI=1S/C18H19F2N3O2/c1-4-12(5-10-16(21)25-3)18-22-15(17(19)20)11-23(18)13-6-8-14(24-2)9-7-13/h4-11,17,21H,1-3H3/b10-5-,12-4+,21-16?. The van der Waals surface area contributed by atoms with Crippen LogP contribution >= 0.6 is 0 Å². The molecule has 5 nitrogen and oxygen atoms in total. The van der Waals surface area contributed by atoms with Crippen molar-refractivity contribution in [3.63, 3.8) is 0 Å². The van der Waals surface area contributed by atoms with Crippen molar-refractivity contribution in [1.82, 2.24) is 9.55 Å². The Labute approximate surface area is 144 Å². The number of imidazole rings is 1. The summed E-state index contributed by atoms with van der Waals surface area (Å²) in [7, 11) is 2.94. The molecule has 2 rings (SSSR count). The van der Waals surface area contributed by atoms with Crippen molar-refractivity contribution in [2.24, 2.45) is 0 Å². The van der Waals surface area contributed by atoms with Gasteiger partial charge < -0.3 is 9.47 Å². The average molecular weight is 347 g/mol. The first kappa shape index (κ1) is 18.4. The zero-order valence-electron chi connectivity index (χ0n) is 14.2. The number of hydrogen-bond acceptors (Lipinski definition) is 4. The maximum absolute atomic E-state index is 13.1. The number of halogens is 2. The van der Waals surface area contributed by atoms with E-state index in [9.17, 15) is 8.78 Å². The first-order chi connectivity index (χ1) is 12.0. The van der Waals surface area contributed by atoms with Gasteiger partial charge in [0.2, 0.25) is 5.90 Å². The lowest BCUT2D eigenvalue weighted by molar-refractivity contribution is 0.146. The largest absolute Gasteiger partial charge is 0.497 e. The molecule has 0 saturated carbocycles. The monoisotopic (exact) mass is 347 g/mol. The first-order valence-corrected chi connectivity index (χ1v) is 7.49. The van der Waals surface area contributed by atoms with E-state index in [1.807, 2.05) is 0 Å². The summed E-state index contributed by atoms with van der Waals surface area (Å²) in [5.41, 5.74) is 0.940. The van der Waals surface area contributed by atoms with E-state index in [4.69, 9.17) is 14.9 Å². The van der Waals surface area contributed by atoms with Gasteiger partial charge in [-0.25, -0.2) is 13.8 Å². The highest BCUT2D eigenvalue weighted by Gasteiger charge is 2.18. The Balaban J connectivity index is 2.51. The smallest absolute Gasteiger partial charge is 0.281 e. The van der Waals surface area contributed by atoms with Crippen molar-refractivity contribution in [1.29, 1.82) is 5.41 Å². The van der Waals surface area contributed by atoms with Gasteiger partial charge in [-0.15, -0.1) is 0 Å². The lowest BCUT2D eigenvalue weighted by Gasteiger charge is -2.09. The molecule has 0 atom stereocenters. The Kier molecular flexibility index (Phi) is 6.05. The van der Waals surface area contributed by atoms with Gasteiger partial charge in [0.25, 0.3) is 6.43 Å². The highest BCUT2D eigenvalue weighted by molar-refractivity contribution is 5.88. The molecule has 1 N–H and O–H groups in total. The van der Waals surface area contributed by atoms with E-state index >= 15 is 0 Å². The molecule has 0 aliphatic carbocycles. The molecule has 0 aliphatic heterocycles. The van der Waals surface area contributed by atoms with E-state index < -0.39 is 6.43 Å². The summed E-state index contributed by atoms with van der Waals surface area (Å²) < 4.78 is 37.8. The molecular weight excluding hydrogens is 328 g/mol. The molecule has 0 fully saturated rings. The fourth-order valence-corrected chi connectivity index (χ4v) is 2.18. The quantitative estimate of drug-likeness (QED) is 0.479. The Morgan fingerprint density at radius 2 is 1.88 bits per heavy atom. The van der Waals surface area contributed by atoms with Gasteiger partial charge in [0.05, 0.1) is 14.2 Å². The van der Waals surface area contributed by atoms with Gasteiger partial charge in [0, 0.05) is 23.5 Å². The first-order valence-electron chi connectivity index (χ1n) is 7.49. The molecule has 0 radical (unpaired) electrons. The predicted molar refractivity (Wildman–Crippen MR) is 92.6 cm³/mol. The number of alkyl halides is 2. The SMILES string of the molecule is C/C=C(\C=C/C(=N)OC)c1nc(C(F)F)cn1-c1ccc(OC)cc1. The lowest BCUT2D eigenvalue weighted by atomic mass is 10.2. The third kappa shape index (κ3) is 4.32. The molecule has 1 heterocycles. The van der Waals surface area contributed by atoms with Gasteiger partial charge in [-0.3, -0.25) is 9.98 Å². The van der Waals surface area contributed by atoms with Gasteiger partial charge in [-0.05, 0) is 37.3 Å². The summed E-state index contributed by atoms with van der Waals surface area (Å²) in [6.45, 7) is 1.77. The number of nitrogens with zero attached hydrogens (tertiary/aromatic N) is 2. The van der Waals surface area contributed by atoms with Crippen LogP contribution in [-0.4, -0.2) is 29.7 Å². The van der Waals surface area contributed by atoms with Gasteiger partial charge in [-0.2, -0.15) is 0 Å². The zero-order chi connectivity index (χ0) is 18.4. The molecule has 1 aromatic heterocycles. The number of aromatic nitrogens is 2. The summed E-state index contributed by atoms with van der Waals surface area (Å²) in [6.07, 6.45) is 3.39. The molecule has 1 aromatic carbocycles. The number of methoxy groups -OCH3 is 2. The summed E-state index contributed by atoms with van der Waals surface area (Å²) in [4.78, 5) is 4.05. The molecule has 132 valence electrons. The second-order valence-corrected chi connectivity index (χ2v) is 5.00. The van der Waals surface area contributed by atoms with Crippen LogP contribution in [0.25, 0.3) is 11.3 Å². The van der Waals surface area contributed by atoms with Crippen LogP contribution in [0.4, 0.5) is 8.78 Å². The van der Waals surface area contributed by atoms with E-state index in [0.29, 0.717) is 22.8 Å². The minimum atomic E-state index is -2.68. The maximum Gasteiger partial charge on any atom is 0.281 e. The Hall–Kier alpha value is -2.96. The number of rotatable bonds is 6. The van der Waals surface area contributed by atoms with Crippen LogP contribution in [0.3, 0.4) is 0 Å². The van der Waals surface area contributed by atoms with Gasteiger partial charge >= 0.3 is 0 Å². The zero-order valence-corrected chi connectivity index (χ0v) is 14.2. The average Bonchev–Trinajstić information content (AvgIpc) is 3.07. The van der Waals surface area contributed by atoms with E-state index in [0.717, 1.165) is 0 Å². The van der Waals surface area contributed by atoms with Gasteiger partial charge in [0.1, 0.15) is 17.3 Å². The van der Waals surface area contributed by atoms with Crippen molar-refractivity contribution in [2.45, 2.75) is 13.3 Å². The number of benzene rings is 1.